The number of hydrogen-bond acceptors (Lipinski definition) is 5. The van der Waals surface area contributed by atoms with Crippen molar-refractivity contribution >= 4 is 21.6 Å². The molecule has 1 atom stereocenters. The summed E-state index contributed by atoms with van der Waals surface area (Å²) in [5.74, 6) is -0.672. The number of nitrogens with zero attached hydrogens (tertiary/aromatic N) is 5. The van der Waals surface area contributed by atoms with Gasteiger partial charge in [-0.25, -0.2) is 12.8 Å². The van der Waals surface area contributed by atoms with Crippen molar-refractivity contribution < 1.29 is 17.6 Å². The fourth-order valence-electron chi connectivity index (χ4n) is 3.88. The number of halogens is 1. The second kappa shape index (κ2) is 7.15. The number of aromatic nitrogens is 2. The maximum Gasteiger partial charge on any atom is 0.235 e. The second-order valence-corrected chi connectivity index (χ2v) is 9.39. The van der Waals surface area contributed by atoms with Crippen LogP contribution in [0, 0.1) is 17.1 Å². The molecule has 29 heavy (non-hydrogen) atoms. The predicted octanol–water partition coefficient (Wildman–Crippen LogP) is 1.41. The minimum absolute atomic E-state index is 0.0325. The lowest BCUT2D eigenvalue weighted by atomic mass is 10.1. The number of rotatable bonds is 3. The molecule has 10 heteroatoms. The first kappa shape index (κ1) is 19.4. The van der Waals surface area contributed by atoms with Crippen molar-refractivity contribution in [2.24, 2.45) is 0 Å². The van der Waals surface area contributed by atoms with E-state index in [2.05, 4.69) is 5.10 Å². The van der Waals surface area contributed by atoms with Gasteiger partial charge in [0, 0.05) is 12.6 Å². The summed E-state index contributed by atoms with van der Waals surface area (Å²) in [4.78, 5) is 14.6. The average Bonchev–Trinajstić information content (AvgIpc) is 3.23. The van der Waals surface area contributed by atoms with Crippen LogP contribution in [0.4, 0.5) is 10.1 Å². The van der Waals surface area contributed by atoms with E-state index in [0.29, 0.717) is 36.5 Å². The van der Waals surface area contributed by atoms with Gasteiger partial charge >= 0.3 is 0 Å². The SMILES string of the molecule is C[C@H]1Cn2ncc(N3CCCS3(=O)=O)c2CN1C(=O)Cc1ccc(F)c(C#N)c1. The summed E-state index contributed by atoms with van der Waals surface area (Å²) >= 11 is 0. The first-order chi connectivity index (χ1) is 13.8. The Kier molecular flexibility index (Phi) is 4.78. The van der Waals surface area contributed by atoms with E-state index < -0.39 is 15.8 Å². The highest BCUT2D eigenvalue weighted by atomic mass is 32.2. The molecule has 1 aromatic heterocycles. The fourth-order valence-corrected chi connectivity index (χ4v) is 5.46. The van der Waals surface area contributed by atoms with E-state index >= 15 is 0 Å². The second-order valence-electron chi connectivity index (χ2n) is 7.37. The molecular formula is C19H20FN5O3S. The van der Waals surface area contributed by atoms with Gasteiger partial charge in [0.05, 0.1) is 48.4 Å². The Morgan fingerprint density at radius 3 is 2.90 bits per heavy atom. The van der Waals surface area contributed by atoms with Crippen molar-refractivity contribution in [3.05, 3.63) is 47.0 Å². The molecule has 0 spiro atoms. The van der Waals surface area contributed by atoms with Crippen LogP contribution in [0.2, 0.25) is 0 Å². The molecule has 2 aliphatic rings. The molecule has 0 saturated carbocycles. The van der Waals surface area contributed by atoms with Crippen LogP contribution < -0.4 is 4.31 Å². The first-order valence-corrected chi connectivity index (χ1v) is 10.9. The van der Waals surface area contributed by atoms with Gasteiger partial charge in [-0.05, 0) is 31.0 Å². The molecule has 1 fully saturated rings. The number of amides is 1. The van der Waals surface area contributed by atoms with Crippen molar-refractivity contribution in [2.45, 2.75) is 38.9 Å². The predicted molar refractivity (Wildman–Crippen MR) is 103 cm³/mol. The third kappa shape index (κ3) is 3.46. The number of anilines is 1. The van der Waals surface area contributed by atoms with E-state index in [9.17, 15) is 17.6 Å². The molecule has 2 aliphatic heterocycles. The zero-order valence-corrected chi connectivity index (χ0v) is 16.7. The van der Waals surface area contributed by atoms with Crippen LogP contribution in [0.3, 0.4) is 0 Å². The largest absolute Gasteiger partial charge is 0.332 e. The van der Waals surface area contributed by atoms with Gasteiger partial charge in [0.25, 0.3) is 0 Å². The van der Waals surface area contributed by atoms with Crippen molar-refractivity contribution in [1.82, 2.24) is 14.7 Å². The van der Waals surface area contributed by atoms with Crippen LogP contribution in [0.15, 0.2) is 24.4 Å². The van der Waals surface area contributed by atoms with E-state index in [1.807, 2.05) is 6.92 Å². The summed E-state index contributed by atoms with van der Waals surface area (Å²) in [6.07, 6.45) is 2.15. The van der Waals surface area contributed by atoms with Crippen LogP contribution in [-0.2, 0) is 34.3 Å². The quantitative estimate of drug-likeness (QED) is 0.752. The van der Waals surface area contributed by atoms with E-state index in [4.69, 9.17) is 5.26 Å². The minimum atomic E-state index is -3.34. The Morgan fingerprint density at radius 2 is 2.21 bits per heavy atom. The summed E-state index contributed by atoms with van der Waals surface area (Å²) in [7, 11) is -3.34. The standard InChI is InChI=1S/C19H20FN5O3S/c1-13-11-24-18(17(10-22-24)25-5-2-6-29(25,27)28)12-23(13)19(26)8-14-3-4-16(20)15(7-14)9-21/h3-4,7,10,13H,2,5-6,8,11-12H2,1H3/t13-/m0/s1. The maximum atomic E-state index is 13.5. The monoisotopic (exact) mass is 417 g/mol. The summed E-state index contributed by atoms with van der Waals surface area (Å²) < 4.78 is 41.3. The Balaban J connectivity index is 1.58. The smallest absolute Gasteiger partial charge is 0.235 e. The number of benzene rings is 1. The highest BCUT2D eigenvalue weighted by Gasteiger charge is 2.35. The number of carbonyl (C=O) groups is 1. The van der Waals surface area contributed by atoms with Gasteiger partial charge in [0.15, 0.2) is 0 Å². The van der Waals surface area contributed by atoms with E-state index in [1.165, 1.54) is 22.5 Å². The van der Waals surface area contributed by atoms with E-state index in [1.54, 1.807) is 21.8 Å². The lowest BCUT2D eigenvalue weighted by Gasteiger charge is -2.35. The highest BCUT2D eigenvalue weighted by molar-refractivity contribution is 7.93. The summed E-state index contributed by atoms with van der Waals surface area (Å²) in [5, 5.41) is 13.3. The topological polar surface area (TPSA) is 99.3 Å². The molecular weight excluding hydrogens is 397 g/mol. The van der Waals surface area contributed by atoms with Crippen LogP contribution >= 0.6 is 0 Å². The van der Waals surface area contributed by atoms with Gasteiger partial charge < -0.3 is 4.90 Å². The Bertz CT molecular complexity index is 1120. The van der Waals surface area contributed by atoms with Crippen LogP contribution in [0.25, 0.3) is 0 Å². The number of fused-ring (bicyclic) bond motifs is 1. The maximum absolute atomic E-state index is 13.5. The molecule has 0 unspecified atom stereocenters. The van der Waals surface area contributed by atoms with Gasteiger partial charge in [0.2, 0.25) is 15.9 Å². The highest BCUT2D eigenvalue weighted by Crippen LogP contribution is 2.31. The molecule has 3 heterocycles. The van der Waals surface area contributed by atoms with Crippen molar-refractivity contribution in [3.63, 3.8) is 0 Å². The lowest BCUT2D eigenvalue weighted by Crippen LogP contribution is -2.46. The zero-order valence-electron chi connectivity index (χ0n) is 15.9. The number of nitriles is 1. The molecule has 1 amide bonds. The average molecular weight is 417 g/mol. The van der Waals surface area contributed by atoms with Gasteiger partial charge in [-0.3, -0.25) is 13.8 Å². The molecule has 2 aromatic rings. The molecule has 0 aliphatic carbocycles. The van der Waals surface area contributed by atoms with Crippen molar-refractivity contribution in [2.75, 3.05) is 16.6 Å². The molecule has 0 radical (unpaired) electrons. The van der Waals surface area contributed by atoms with E-state index in [-0.39, 0.29) is 36.2 Å². The molecule has 4 rings (SSSR count). The molecule has 1 aromatic carbocycles. The third-order valence-corrected chi connectivity index (χ3v) is 7.27. The van der Waals surface area contributed by atoms with Gasteiger partial charge in [0.1, 0.15) is 11.9 Å². The summed E-state index contributed by atoms with van der Waals surface area (Å²) in [6.45, 7) is 3.02. The number of sulfonamides is 1. The number of hydrogen-bond donors (Lipinski definition) is 0. The Morgan fingerprint density at radius 1 is 1.41 bits per heavy atom. The third-order valence-electron chi connectivity index (χ3n) is 5.41. The Hall–Kier alpha value is -2.93. The van der Waals surface area contributed by atoms with E-state index in [0.717, 1.165) is 0 Å². The molecule has 152 valence electrons. The number of carbonyl (C=O) groups excluding carboxylic acids is 1. The zero-order chi connectivity index (χ0) is 20.8. The van der Waals surface area contributed by atoms with Crippen molar-refractivity contribution in [3.8, 4) is 6.07 Å². The Labute approximate surface area is 168 Å². The van der Waals surface area contributed by atoms with Crippen LogP contribution in [0.1, 0.15) is 30.2 Å². The van der Waals surface area contributed by atoms with Crippen molar-refractivity contribution in [1.29, 1.82) is 5.26 Å². The first-order valence-electron chi connectivity index (χ1n) is 9.33. The summed E-state index contributed by atoms with van der Waals surface area (Å²) in [5.41, 5.74) is 1.68. The molecule has 0 N–H and O–H groups in total. The van der Waals surface area contributed by atoms with Crippen LogP contribution in [-0.4, -0.2) is 47.3 Å². The van der Waals surface area contributed by atoms with Gasteiger partial charge in [-0.2, -0.15) is 10.4 Å². The lowest BCUT2D eigenvalue weighted by molar-refractivity contribution is -0.134. The normalized spacial score (nSPS) is 20.4. The molecule has 0 bridgehead atoms. The van der Waals surface area contributed by atoms with Crippen LogP contribution in [0.5, 0.6) is 0 Å². The minimum Gasteiger partial charge on any atom is -0.332 e. The summed E-state index contributed by atoms with van der Waals surface area (Å²) in [6, 6.07) is 5.71. The van der Waals surface area contributed by atoms with Gasteiger partial charge in [-0.15, -0.1) is 0 Å². The molecule has 8 nitrogen and oxygen atoms in total. The fraction of sp³-hybridized carbons (Fsp3) is 0.421. The van der Waals surface area contributed by atoms with Gasteiger partial charge in [-0.1, -0.05) is 6.07 Å². The molecule has 1 saturated heterocycles.